The van der Waals surface area contributed by atoms with Crippen molar-refractivity contribution in [2.45, 2.75) is 32.7 Å². The Morgan fingerprint density at radius 1 is 1.17 bits per heavy atom. The van der Waals surface area contributed by atoms with E-state index in [1.165, 1.54) is 0 Å². The standard InChI is InChI=1S/C23H26ClN3O3/c1-15(2)25-22(29)17-8-9-19(24)20(12-17)26-23(30)18-13-21(28)27(14-18)11-10-16-6-4-3-5-7-16/h3-9,12,15,18H,10-11,13-14H2,1-2H3,(H,25,29)(H,26,30)/t18-/m0/s1. The summed E-state index contributed by atoms with van der Waals surface area (Å²) in [5.74, 6) is -0.978. The van der Waals surface area contributed by atoms with Crippen molar-refractivity contribution in [3.05, 3.63) is 64.7 Å². The van der Waals surface area contributed by atoms with Gasteiger partial charge in [0.1, 0.15) is 0 Å². The van der Waals surface area contributed by atoms with Crippen LogP contribution in [-0.2, 0) is 16.0 Å². The molecule has 1 aliphatic heterocycles. The zero-order valence-electron chi connectivity index (χ0n) is 17.2. The van der Waals surface area contributed by atoms with E-state index in [0.29, 0.717) is 29.4 Å². The van der Waals surface area contributed by atoms with Crippen LogP contribution < -0.4 is 10.6 Å². The predicted octanol–water partition coefficient (Wildman–Crippen LogP) is 3.51. The Morgan fingerprint density at radius 2 is 1.90 bits per heavy atom. The molecule has 30 heavy (non-hydrogen) atoms. The first-order valence-corrected chi connectivity index (χ1v) is 10.4. The number of likely N-dealkylation sites (tertiary alicyclic amines) is 1. The van der Waals surface area contributed by atoms with E-state index >= 15 is 0 Å². The van der Waals surface area contributed by atoms with Gasteiger partial charge in [-0.15, -0.1) is 0 Å². The van der Waals surface area contributed by atoms with Crippen LogP contribution in [0.3, 0.4) is 0 Å². The normalized spacial score (nSPS) is 16.1. The Kier molecular flexibility index (Phi) is 7.11. The molecule has 0 radical (unpaired) electrons. The third kappa shape index (κ3) is 5.60. The maximum atomic E-state index is 12.7. The van der Waals surface area contributed by atoms with Gasteiger partial charge in [-0.1, -0.05) is 41.9 Å². The van der Waals surface area contributed by atoms with E-state index in [4.69, 9.17) is 11.6 Å². The molecule has 0 aromatic heterocycles. The minimum Gasteiger partial charge on any atom is -0.350 e. The van der Waals surface area contributed by atoms with Crippen molar-refractivity contribution in [2.24, 2.45) is 5.92 Å². The molecule has 158 valence electrons. The molecule has 0 aliphatic carbocycles. The van der Waals surface area contributed by atoms with Crippen molar-refractivity contribution in [3.63, 3.8) is 0 Å². The summed E-state index contributed by atoms with van der Waals surface area (Å²) >= 11 is 6.21. The minimum absolute atomic E-state index is 0.00223. The highest BCUT2D eigenvalue weighted by Crippen LogP contribution is 2.26. The van der Waals surface area contributed by atoms with Crippen LogP contribution in [0.4, 0.5) is 5.69 Å². The van der Waals surface area contributed by atoms with E-state index < -0.39 is 5.92 Å². The zero-order valence-corrected chi connectivity index (χ0v) is 17.9. The molecule has 1 atom stereocenters. The average Bonchev–Trinajstić information content (AvgIpc) is 3.09. The van der Waals surface area contributed by atoms with Crippen molar-refractivity contribution in [2.75, 3.05) is 18.4 Å². The number of benzene rings is 2. The highest BCUT2D eigenvalue weighted by Gasteiger charge is 2.34. The monoisotopic (exact) mass is 427 g/mol. The molecule has 3 rings (SSSR count). The fourth-order valence-electron chi connectivity index (χ4n) is 3.42. The van der Waals surface area contributed by atoms with Gasteiger partial charge in [-0.05, 0) is 44.0 Å². The number of nitrogens with zero attached hydrogens (tertiary/aromatic N) is 1. The number of rotatable bonds is 7. The van der Waals surface area contributed by atoms with Gasteiger partial charge in [-0.25, -0.2) is 0 Å². The number of halogens is 1. The lowest BCUT2D eigenvalue weighted by Gasteiger charge is -2.17. The molecule has 2 N–H and O–H groups in total. The molecule has 7 heteroatoms. The second-order valence-corrected chi connectivity index (χ2v) is 8.20. The largest absolute Gasteiger partial charge is 0.350 e. The van der Waals surface area contributed by atoms with E-state index in [0.717, 1.165) is 12.0 Å². The summed E-state index contributed by atoms with van der Waals surface area (Å²) in [5, 5.41) is 5.94. The molecule has 2 aromatic rings. The number of anilines is 1. The van der Waals surface area contributed by atoms with E-state index in [1.807, 2.05) is 44.2 Å². The van der Waals surface area contributed by atoms with Gasteiger partial charge in [0.05, 0.1) is 16.6 Å². The molecule has 0 bridgehead atoms. The fraction of sp³-hybridized carbons (Fsp3) is 0.348. The number of carbonyl (C=O) groups excluding carboxylic acids is 3. The first kappa shape index (κ1) is 21.8. The topological polar surface area (TPSA) is 78.5 Å². The van der Waals surface area contributed by atoms with E-state index in [-0.39, 0.29) is 30.2 Å². The van der Waals surface area contributed by atoms with Crippen LogP contribution in [0.15, 0.2) is 48.5 Å². The van der Waals surface area contributed by atoms with Crippen molar-refractivity contribution >= 4 is 35.0 Å². The van der Waals surface area contributed by atoms with Crippen molar-refractivity contribution in [1.29, 1.82) is 0 Å². The van der Waals surface area contributed by atoms with Gasteiger partial charge in [0.25, 0.3) is 5.91 Å². The van der Waals surface area contributed by atoms with Crippen molar-refractivity contribution < 1.29 is 14.4 Å². The SMILES string of the molecule is CC(C)NC(=O)c1ccc(Cl)c(NC(=O)[C@H]2CC(=O)N(CCc3ccccc3)C2)c1. The van der Waals surface area contributed by atoms with E-state index in [9.17, 15) is 14.4 Å². The van der Waals surface area contributed by atoms with Gasteiger partial charge in [0.15, 0.2) is 0 Å². The third-order valence-electron chi connectivity index (χ3n) is 5.00. The summed E-state index contributed by atoms with van der Waals surface area (Å²) in [6, 6.07) is 14.7. The summed E-state index contributed by atoms with van der Waals surface area (Å²) in [4.78, 5) is 39.0. The van der Waals surface area contributed by atoms with Gasteiger partial charge in [0.2, 0.25) is 11.8 Å². The molecule has 0 unspecified atom stereocenters. The summed E-state index contributed by atoms with van der Waals surface area (Å²) in [5.41, 5.74) is 1.94. The Bertz CT molecular complexity index is 931. The molecule has 2 aromatic carbocycles. The highest BCUT2D eigenvalue weighted by atomic mass is 35.5. The lowest BCUT2D eigenvalue weighted by molar-refractivity contribution is -0.128. The van der Waals surface area contributed by atoms with Crippen LogP contribution in [0.5, 0.6) is 0 Å². The van der Waals surface area contributed by atoms with Crippen LogP contribution in [0, 0.1) is 5.92 Å². The number of hydrogen-bond donors (Lipinski definition) is 2. The third-order valence-corrected chi connectivity index (χ3v) is 5.33. The Labute approximate surface area is 181 Å². The molecule has 1 saturated heterocycles. The average molecular weight is 428 g/mol. The smallest absolute Gasteiger partial charge is 0.251 e. The quantitative estimate of drug-likeness (QED) is 0.709. The number of amides is 3. The van der Waals surface area contributed by atoms with E-state index in [1.54, 1.807) is 23.1 Å². The van der Waals surface area contributed by atoms with Crippen LogP contribution in [0.2, 0.25) is 5.02 Å². The zero-order chi connectivity index (χ0) is 21.7. The summed E-state index contributed by atoms with van der Waals surface area (Å²) in [6.07, 6.45) is 0.922. The van der Waals surface area contributed by atoms with Crippen LogP contribution >= 0.6 is 11.6 Å². The molecule has 0 spiro atoms. The molecule has 1 fully saturated rings. The van der Waals surface area contributed by atoms with Crippen LogP contribution in [0.1, 0.15) is 36.2 Å². The van der Waals surface area contributed by atoms with Crippen molar-refractivity contribution in [3.8, 4) is 0 Å². The minimum atomic E-state index is -0.447. The molecular formula is C23H26ClN3O3. The van der Waals surface area contributed by atoms with Crippen LogP contribution in [-0.4, -0.2) is 41.8 Å². The van der Waals surface area contributed by atoms with Gasteiger partial charge < -0.3 is 15.5 Å². The van der Waals surface area contributed by atoms with E-state index in [2.05, 4.69) is 10.6 Å². The highest BCUT2D eigenvalue weighted by molar-refractivity contribution is 6.34. The summed E-state index contributed by atoms with van der Waals surface area (Å²) in [6.45, 7) is 4.70. The number of hydrogen-bond acceptors (Lipinski definition) is 3. The molecule has 1 aliphatic rings. The van der Waals surface area contributed by atoms with Crippen LogP contribution in [0.25, 0.3) is 0 Å². The van der Waals surface area contributed by atoms with Gasteiger partial charge in [-0.3, -0.25) is 14.4 Å². The van der Waals surface area contributed by atoms with Gasteiger partial charge in [0, 0.05) is 31.1 Å². The Morgan fingerprint density at radius 3 is 2.60 bits per heavy atom. The summed E-state index contributed by atoms with van der Waals surface area (Å²) in [7, 11) is 0. The van der Waals surface area contributed by atoms with Gasteiger partial charge in [-0.2, -0.15) is 0 Å². The molecule has 0 saturated carbocycles. The lowest BCUT2D eigenvalue weighted by atomic mass is 10.1. The maximum absolute atomic E-state index is 12.7. The first-order chi connectivity index (χ1) is 14.3. The molecule has 3 amide bonds. The maximum Gasteiger partial charge on any atom is 0.251 e. The Balaban J connectivity index is 1.60. The molecule has 1 heterocycles. The lowest BCUT2D eigenvalue weighted by Crippen LogP contribution is -2.31. The Hall–Kier alpha value is -2.86. The number of nitrogens with one attached hydrogen (secondary N) is 2. The molecular weight excluding hydrogens is 402 g/mol. The first-order valence-electron chi connectivity index (χ1n) is 10.1. The summed E-state index contributed by atoms with van der Waals surface area (Å²) < 4.78 is 0. The number of carbonyl (C=O) groups is 3. The van der Waals surface area contributed by atoms with Gasteiger partial charge >= 0.3 is 0 Å². The van der Waals surface area contributed by atoms with Crippen molar-refractivity contribution in [1.82, 2.24) is 10.2 Å². The second-order valence-electron chi connectivity index (χ2n) is 7.79. The predicted molar refractivity (Wildman–Crippen MR) is 118 cm³/mol. The molecule has 6 nitrogen and oxygen atoms in total. The fourth-order valence-corrected chi connectivity index (χ4v) is 3.58. The second kappa shape index (κ2) is 9.76.